The monoisotopic (exact) mass is 543 g/mol. The van der Waals surface area contributed by atoms with Crippen molar-refractivity contribution in [3.05, 3.63) is 76.9 Å². The lowest BCUT2D eigenvalue weighted by Gasteiger charge is -2.26. The number of pyridine rings is 1. The summed E-state index contributed by atoms with van der Waals surface area (Å²) in [6, 6.07) is 17.7. The number of rotatable bonds is 8. The molecule has 6 rings (SSSR count). The number of morpholine rings is 1. The summed E-state index contributed by atoms with van der Waals surface area (Å²) in [5, 5.41) is 14.8. The summed E-state index contributed by atoms with van der Waals surface area (Å²) in [5.74, 6) is 0.380. The smallest absolute Gasteiger partial charge is 0.176 e. The molecule has 1 saturated carbocycles. The van der Waals surface area contributed by atoms with Crippen molar-refractivity contribution >= 4 is 39.7 Å². The third kappa shape index (κ3) is 5.43. The van der Waals surface area contributed by atoms with Gasteiger partial charge in [0.1, 0.15) is 0 Å². The summed E-state index contributed by atoms with van der Waals surface area (Å²) in [5.41, 5.74) is 5.90. The molecule has 200 valence electrons. The van der Waals surface area contributed by atoms with Gasteiger partial charge in [-0.3, -0.25) is 14.7 Å². The van der Waals surface area contributed by atoms with E-state index in [0.29, 0.717) is 11.3 Å². The van der Waals surface area contributed by atoms with Crippen LogP contribution in [0.4, 0.5) is 11.4 Å². The molecule has 1 aliphatic heterocycles. The van der Waals surface area contributed by atoms with Crippen molar-refractivity contribution in [3.63, 3.8) is 0 Å². The van der Waals surface area contributed by atoms with E-state index in [1.54, 1.807) is 18.3 Å². The number of hydrogen-bond acceptors (Lipinski definition) is 7. The number of carbonyl (C=O) groups is 1. The van der Waals surface area contributed by atoms with Crippen molar-refractivity contribution in [1.82, 2.24) is 9.88 Å². The number of phenols is 1. The van der Waals surface area contributed by atoms with Crippen LogP contribution in [0.15, 0.2) is 60.8 Å². The highest BCUT2D eigenvalue weighted by Gasteiger charge is 2.32. The number of nitrogens with one attached hydrogen (secondary N) is 1. The Kier molecular flexibility index (Phi) is 7.12. The third-order valence-electron chi connectivity index (χ3n) is 7.40. The number of anilines is 2. The van der Waals surface area contributed by atoms with Gasteiger partial charge in [0.25, 0.3) is 0 Å². The van der Waals surface area contributed by atoms with Gasteiger partial charge in [0.05, 0.1) is 42.1 Å². The molecule has 39 heavy (non-hydrogen) atoms. The summed E-state index contributed by atoms with van der Waals surface area (Å²) in [6.07, 6.45) is 3.52. The number of aromatic nitrogens is 1. The Bertz CT molecular complexity index is 1530. The van der Waals surface area contributed by atoms with Crippen LogP contribution in [0, 0.1) is 5.92 Å². The summed E-state index contributed by atoms with van der Waals surface area (Å²) >= 11 is 6.28. The molecule has 1 saturated heterocycles. The Morgan fingerprint density at radius 1 is 1.10 bits per heavy atom. The molecule has 1 aliphatic carbocycles. The highest BCUT2D eigenvalue weighted by molar-refractivity contribution is 6.32. The van der Waals surface area contributed by atoms with Gasteiger partial charge in [-0.2, -0.15) is 0 Å². The minimum absolute atomic E-state index is 0.0593. The maximum Gasteiger partial charge on any atom is 0.176 e. The summed E-state index contributed by atoms with van der Waals surface area (Å²) in [4.78, 5) is 20.3. The first-order chi connectivity index (χ1) is 19.0. The molecule has 7 nitrogen and oxygen atoms in total. The van der Waals surface area contributed by atoms with Crippen LogP contribution in [0.1, 0.15) is 28.8 Å². The molecule has 2 heterocycles. The van der Waals surface area contributed by atoms with Crippen molar-refractivity contribution in [2.45, 2.75) is 19.4 Å². The fourth-order valence-electron chi connectivity index (χ4n) is 5.01. The highest BCUT2D eigenvalue weighted by atomic mass is 35.5. The van der Waals surface area contributed by atoms with Crippen molar-refractivity contribution in [2.24, 2.45) is 5.92 Å². The minimum atomic E-state index is -0.0953. The van der Waals surface area contributed by atoms with E-state index in [4.69, 9.17) is 21.1 Å². The molecule has 3 aromatic carbocycles. The lowest BCUT2D eigenvalue weighted by molar-refractivity contribution is 0.0342. The van der Waals surface area contributed by atoms with Crippen LogP contribution in [0.5, 0.6) is 11.5 Å². The maximum atomic E-state index is 13.3. The first-order valence-electron chi connectivity index (χ1n) is 13.2. The Labute approximate surface area is 232 Å². The van der Waals surface area contributed by atoms with Gasteiger partial charge in [0.15, 0.2) is 17.3 Å². The topological polar surface area (TPSA) is 83.9 Å². The number of ketones is 1. The van der Waals surface area contributed by atoms with Crippen molar-refractivity contribution in [3.8, 4) is 22.6 Å². The zero-order valence-electron chi connectivity index (χ0n) is 21.7. The summed E-state index contributed by atoms with van der Waals surface area (Å²) in [6.45, 7) is 4.32. The number of carbonyl (C=O) groups excluding carboxylic acids is 1. The van der Waals surface area contributed by atoms with E-state index < -0.39 is 0 Å². The van der Waals surface area contributed by atoms with Gasteiger partial charge in [-0.1, -0.05) is 29.8 Å². The van der Waals surface area contributed by atoms with Crippen molar-refractivity contribution in [1.29, 1.82) is 0 Å². The molecule has 0 spiro atoms. The van der Waals surface area contributed by atoms with E-state index in [1.807, 2.05) is 18.2 Å². The molecule has 1 aromatic heterocycles. The molecule has 2 N–H and O–H groups in total. The van der Waals surface area contributed by atoms with Crippen molar-refractivity contribution in [2.75, 3.05) is 38.7 Å². The number of Topliss-reactive ketones (excluding diaryl/α,β-unsaturated/α-hetero) is 1. The standard InChI is InChI=1S/C31H30ClN3O4/c1-38-28-16-22(15-26(32)31(28)37)21-6-9-27-24(14-21)29(25(17-33-27)30(36)20-4-5-20)34-23-7-2-19(3-8-23)18-35-10-12-39-13-11-35/h2-3,6-9,14-17,20,37H,4-5,10-13,18H2,1H3,(H,33,34). The van der Waals surface area contributed by atoms with Crippen LogP contribution in [0.2, 0.25) is 5.02 Å². The average Bonchev–Trinajstić information content (AvgIpc) is 3.81. The van der Waals surface area contributed by atoms with Crippen LogP contribution in [-0.4, -0.2) is 54.2 Å². The number of halogens is 1. The van der Waals surface area contributed by atoms with Crippen LogP contribution in [0.25, 0.3) is 22.0 Å². The van der Waals surface area contributed by atoms with E-state index >= 15 is 0 Å². The quantitative estimate of drug-likeness (QED) is 0.247. The van der Waals surface area contributed by atoms with E-state index in [1.165, 1.54) is 12.7 Å². The number of nitrogens with zero attached hydrogens (tertiary/aromatic N) is 2. The van der Waals surface area contributed by atoms with Crippen LogP contribution in [0.3, 0.4) is 0 Å². The molecule has 2 fully saturated rings. The number of methoxy groups -OCH3 is 1. The number of hydrogen-bond donors (Lipinski definition) is 2. The third-order valence-corrected chi connectivity index (χ3v) is 7.68. The zero-order valence-corrected chi connectivity index (χ0v) is 22.5. The van der Waals surface area contributed by atoms with Crippen molar-refractivity contribution < 1.29 is 19.4 Å². The predicted octanol–water partition coefficient (Wildman–Crippen LogP) is 6.44. The molecule has 0 amide bonds. The zero-order chi connectivity index (χ0) is 26.9. The predicted molar refractivity (Wildman–Crippen MR) is 153 cm³/mol. The van der Waals surface area contributed by atoms with E-state index in [9.17, 15) is 9.90 Å². The van der Waals surface area contributed by atoms with Gasteiger partial charge >= 0.3 is 0 Å². The van der Waals surface area contributed by atoms with E-state index in [-0.39, 0.29) is 22.5 Å². The number of fused-ring (bicyclic) bond motifs is 1. The highest BCUT2D eigenvalue weighted by Crippen LogP contribution is 2.41. The van der Waals surface area contributed by atoms with Crippen LogP contribution >= 0.6 is 11.6 Å². The molecule has 0 bridgehead atoms. The number of phenolic OH excluding ortho intramolecular Hbond substituents is 1. The normalized spacial score (nSPS) is 15.8. The Hall–Kier alpha value is -3.65. The van der Waals surface area contributed by atoms with Gasteiger partial charge < -0.3 is 19.9 Å². The molecule has 0 unspecified atom stereocenters. The minimum Gasteiger partial charge on any atom is -0.503 e. The molecular weight excluding hydrogens is 514 g/mol. The Morgan fingerprint density at radius 2 is 1.87 bits per heavy atom. The summed E-state index contributed by atoms with van der Waals surface area (Å²) < 4.78 is 10.8. The number of ether oxygens (including phenoxy) is 2. The average molecular weight is 544 g/mol. The lowest BCUT2D eigenvalue weighted by atomic mass is 9.98. The molecule has 0 radical (unpaired) electrons. The summed E-state index contributed by atoms with van der Waals surface area (Å²) in [7, 11) is 1.49. The second kappa shape index (κ2) is 10.8. The van der Waals surface area contributed by atoms with E-state index in [2.05, 4.69) is 39.5 Å². The molecular formula is C31H30ClN3O4. The van der Waals surface area contributed by atoms with Crippen LogP contribution < -0.4 is 10.1 Å². The first kappa shape index (κ1) is 25.6. The first-order valence-corrected chi connectivity index (χ1v) is 13.6. The fraction of sp³-hybridized carbons (Fsp3) is 0.290. The molecule has 4 aromatic rings. The van der Waals surface area contributed by atoms with E-state index in [0.717, 1.165) is 79.1 Å². The van der Waals surface area contributed by atoms with Gasteiger partial charge in [0, 0.05) is 42.8 Å². The largest absolute Gasteiger partial charge is 0.503 e. The molecule has 8 heteroatoms. The molecule has 2 aliphatic rings. The second-order valence-electron chi connectivity index (χ2n) is 10.1. The van der Waals surface area contributed by atoms with Gasteiger partial charge in [-0.05, 0) is 65.9 Å². The fourth-order valence-corrected chi connectivity index (χ4v) is 5.22. The Morgan fingerprint density at radius 3 is 2.59 bits per heavy atom. The van der Waals surface area contributed by atoms with Gasteiger partial charge in [0.2, 0.25) is 0 Å². The number of aromatic hydroxyl groups is 1. The maximum absolute atomic E-state index is 13.3. The SMILES string of the molecule is COc1cc(-c2ccc3ncc(C(=O)C4CC4)c(Nc4ccc(CN5CCOCC5)cc4)c3c2)cc(Cl)c1O. The molecule has 0 atom stereocenters. The van der Waals surface area contributed by atoms with Crippen LogP contribution in [-0.2, 0) is 11.3 Å². The number of benzene rings is 3. The van der Waals surface area contributed by atoms with Gasteiger partial charge in [-0.25, -0.2) is 0 Å². The van der Waals surface area contributed by atoms with Gasteiger partial charge in [-0.15, -0.1) is 0 Å². The Balaban J connectivity index is 1.38. The lowest BCUT2D eigenvalue weighted by Crippen LogP contribution is -2.35. The second-order valence-corrected chi connectivity index (χ2v) is 10.5.